The predicted molar refractivity (Wildman–Crippen MR) is 95.2 cm³/mol. The van der Waals surface area contributed by atoms with Crippen LogP contribution in [0.3, 0.4) is 0 Å². The van der Waals surface area contributed by atoms with E-state index in [-0.39, 0.29) is 11.5 Å². The van der Waals surface area contributed by atoms with Gasteiger partial charge in [0.2, 0.25) is 5.89 Å². The van der Waals surface area contributed by atoms with Gasteiger partial charge < -0.3 is 9.63 Å². The van der Waals surface area contributed by atoms with Gasteiger partial charge in [-0.2, -0.15) is 4.98 Å². The van der Waals surface area contributed by atoms with Gasteiger partial charge >= 0.3 is 0 Å². The Morgan fingerprint density at radius 2 is 1.96 bits per heavy atom. The summed E-state index contributed by atoms with van der Waals surface area (Å²) in [4.78, 5) is 6.99. The molecule has 0 unspecified atom stereocenters. The molecule has 0 radical (unpaired) electrons. The fraction of sp³-hybridized carbons (Fsp3) is 0.600. The van der Waals surface area contributed by atoms with Crippen LogP contribution in [0.1, 0.15) is 61.4 Å². The van der Waals surface area contributed by atoms with Crippen molar-refractivity contribution in [3.05, 3.63) is 47.1 Å². The predicted octanol–water partition coefficient (Wildman–Crippen LogP) is 3.19. The minimum absolute atomic E-state index is 0.100. The highest BCUT2D eigenvalue weighted by Gasteiger charge is 2.41. The molecule has 0 bridgehead atoms. The molecule has 2 aliphatic rings. The minimum Gasteiger partial charge on any atom is -0.392 e. The van der Waals surface area contributed by atoms with Crippen LogP contribution in [0.25, 0.3) is 0 Å². The quantitative estimate of drug-likeness (QED) is 0.925. The number of aliphatic hydroxyl groups is 1. The molecule has 0 amide bonds. The summed E-state index contributed by atoms with van der Waals surface area (Å²) in [5, 5.41) is 14.2. The molecule has 4 rings (SSSR count). The average Bonchev–Trinajstić information content (AvgIpc) is 3.26. The number of hydrogen-bond donors (Lipinski definition) is 1. The van der Waals surface area contributed by atoms with E-state index in [1.54, 1.807) is 0 Å². The van der Waals surface area contributed by atoms with Gasteiger partial charge in [-0.25, -0.2) is 0 Å². The summed E-state index contributed by atoms with van der Waals surface area (Å²) in [7, 11) is 0. The Kier molecular flexibility index (Phi) is 4.61. The first-order valence-electron chi connectivity index (χ1n) is 9.46. The number of aliphatic hydroxyl groups excluding tert-OH is 1. The van der Waals surface area contributed by atoms with Crippen molar-refractivity contribution in [3.8, 4) is 0 Å². The molecule has 1 atom stereocenters. The lowest BCUT2D eigenvalue weighted by atomic mass is 9.78. The average molecular weight is 341 g/mol. The number of nitrogens with zero attached hydrogens (tertiary/aromatic N) is 3. The van der Waals surface area contributed by atoms with E-state index in [4.69, 9.17) is 9.51 Å². The molecule has 1 saturated heterocycles. The summed E-state index contributed by atoms with van der Waals surface area (Å²) in [6.07, 6.45) is 6.25. The summed E-state index contributed by atoms with van der Waals surface area (Å²) in [6.45, 7) is 4.43. The molecule has 1 aromatic heterocycles. The van der Waals surface area contributed by atoms with Crippen LogP contribution in [0.5, 0.6) is 0 Å². The SMILES string of the molecule is Cc1ccc(C2(c3noc(CN4CCC[C@@H](O)C4)n3)CCCC2)cc1. The van der Waals surface area contributed by atoms with Gasteiger partial charge in [0, 0.05) is 6.54 Å². The lowest BCUT2D eigenvalue weighted by molar-refractivity contribution is 0.0613. The standard InChI is InChI=1S/C20H27N3O2/c1-15-6-8-16(9-7-15)20(10-2-3-11-20)19-21-18(25-22-19)14-23-12-4-5-17(24)13-23/h6-9,17,24H,2-5,10-14H2,1H3/t17-/m1/s1. The summed E-state index contributed by atoms with van der Waals surface area (Å²) in [5.41, 5.74) is 2.47. The number of likely N-dealkylation sites (tertiary alicyclic amines) is 1. The maximum absolute atomic E-state index is 9.84. The highest BCUT2D eigenvalue weighted by molar-refractivity contribution is 5.35. The molecule has 25 heavy (non-hydrogen) atoms. The summed E-state index contributed by atoms with van der Waals surface area (Å²) < 4.78 is 5.60. The zero-order valence-corrected chi connectivity index (χ0v) is 14.9. The number of piperidine rings is 1. The van der Waals surface area contributed by atoms with Crippen molar-refractivity contribution in [3.63, 3.8) is 0 Å². The number of hydrogen-bond acceptors (Lipinski definition) is 5. The van der Waals surface area contributed by atoms with Crippen molar-refractivity contribution in [2.45, 2.75) is 63.5 Å². The Bertz CT molecular complexity index is 704. The van der Waals surface area contributed by atoms with E-state index >= 15 is 0 Å². The van der Waals surface area contributed by atoms with Gasteiger partial charge in [-0.1, -0.05) is 47.8 Å². The van der Waals surface area contributed by atoms with Gasteiger partial charge in [0.15, 0.2) is 5.82 Å². The van der Waals surface area contributed by atoms with Gasteiger partial charge in [-0.05, 0) is 44.7 Å². The number of β-amino-alcohol motifs (C(OH)–C–C–N with tert-alkyl or cyclic N) is 1. The van der Waals surface area contributed by atoms with E-state index in [0.717, 1.165) is 38.1 Å². The maximum atomic E-state index is 9.84. The minimum atomic E-state index is -0.232. The number of aromatic nitrogens is 2. The monoisotopic (exact) mass is 341 g/mol. The molecule has 2 heterocycles. The van der Waals surface area contributed by atoms with E-state index in [1.165, 1.54) is 24.0 Å². The fourth-order valence-electron chi connectivity index (χ4n) is 4.37. The number of rotatable bonds is 4. The van der Waals surface area contributed by atoms with E-state index in [2.05, 4.69) is 41.2 Å². The zero-order valence-electron chi connectivity index (χ0n) is 14.9. The molecule has 1 aliphatic carbocycles. The summed E-state index contributed by atoms with van der Waals surface area (Å²) in [5.74, 6) is 1.50. The van der Waals surface area contributed by atoms with Gasteiger partial charge in [-0.15, -0.1) is 0 Å². The normalized spacial score (nSPS) is 23.8. The second-order valence-electron chi connectivity index (χ2n) is 7.70. The second-order valence-corrected chi connectivity index (χ2v) is 7.70. The second kappa shape index (κ2) is 6.89. The third kappa shape index (κ3) is 3.35. The first-order valence-corrected chi connectivity index (χ1v) is 9.46. The van der Waals surface area contributed by atoms with Crippen LogP contribution >= 0.6 is 0 Å². The van der Waals surface area contributed by atoms with E-state index in [1.807, 2.05) is 0 Å². The topological polar surface area (TPSA) is 62.4 Å². The maximum Gasteiger partial charge on any atom is 0.240 e. The molecule has 1 aromatic carbocycles. The lowest BCUT2D eigenvalue weighted by Gasteiger charge is -2.28. The van der Waals surface area contributed by atoms with Crippen LogP contribution in [0.4, 0.5) is 0 Å². The van der Waals surface area contributed by atoms with Crippen LogP contribution in [-0.2, 0) is 12.0 Å². The Balaban J connectivity index is 1.57. The molecule has 0 spiro atoms. The smallest absolute Gasteiger partial charge is 0.240 e. The molecule has 1 saturated carbocycles. The van der Waals surface area contributed by atoms with Crippen molar-refractivity contribution < 1.29 is 9.63 Å². The molecule has 1 aliphatic heterocycles. The van der Waals surface area contributed by atoms with Crippen LogP contribution in [0.2, 0.25) is 0 Å². The first kappa shape index (κ1) is 16.7. The summed E-state index contributed by atoms with van der Waals surface area (Å²) >= 11 is 0. The Morgan fingerprint density at radius 3 is 2.68 bits per heavy atom. The van der Waals surface area contributed by atoms with Crippen molar-refractivity contribution in [1.82, 2.24) is 15.0 Å². The number of aryl methyl sites for hydroxylation is 1. The van der Waals surface area contributed by atoms with Crippen LogP contribution in [0.15, 0.2) is 28.8 Å². The third-order valence-electron chi connectivity index (χ3n) is 5.80. The first-order chi connectivity index (χ1) is 12.2. The zero-order chi connectivity index (χ0) is 17.3. The van der Waals surface area contributed by atoms with Gasteiger partial charge in [-0.3, -0.25) is 4.90 Å². The van der Waals surface area contributed by atoms with Crippen LogP contribution in [0, 0.1) is 6.92 Å². The van der Waals surface area contributed by atoms with Gasteiger partial charge in [0.1, 0.15) is 0 Å². The largest absolute Gasteiger partial charge is 0.392 e. The van der Waals surface area contributed by atoms with E-state index in [0.29, 0.717) is 19.0 Å². The molecule has 2 aromatic rings. The molecule has 134 valence electrons. The Hall–Kier alpha value is -1.72. The number of benzene rings is 1. The molecular weight excluding hydrogens is 314 g/mol. The molecule has 5 nitrogen and oxygen atoms in total. The van der Waals surface area contributed by atoms with Crippen molar-refractivity contribution >= 4 is 0 Å². The van der Waals surface area contributed by atoms with Crippen LogP contribution < -0.4 is 0 Å². The third-order valence-corrected chi connectivity index (χ3v) is 5.80. The highest BCUT2D eigenvalue weighted by atomic mass is 16.5. The van der Waals surface area contributed by atoms with Gasteiger partial charge in [0.05, 0.1) is 18.1 Å². The molecule has 2 fully saturated rings. The molecular formula is C20H27N3O2. The highest BCUT2D eigenvalue weighted by Crippen LogP contribution is 2.45. The van der Waals surface area contributed by atoms with E-state index in [9.17, 15) is 5.11 Å². The van der Waals surface area contributed by atoms with Crippen molar-refractivity contribution in [1.29, 1.82) is 0 Å². The summed E-state index contributed by atoms with van der Waals surface area (Å²) in [6, 6.07) is 8.78. The van der Waals surface area contributed by atoms with Crippen LogP contribution in [-0.4, -0.2) is 39.3 Å². The Labute approximate surface area is 149 Å². The van der Waals surface area contributed by atoms with Gasteiger partial charge in [0.25, 0.3) is 0 Å². The Morgan fingerprint density at radius 1 is 1.20 bits per heavy atom. The van der Waals surface area contributed by atoms with E-state index < -0.39 is 0 Å². The lowest BCUT2D eigenvalue weighted by Crippen LogP contribution is -2.37. The van der Waals surface area contributed by atoms with Crippen molar-refractivity contribution in [2.75, 3.05) is 13.1 Å². The molecule has 1 N–H and O–H groups in total. The van der Waals surface area contributed by atoms with Crippen molar-refractivity contribution in [2.24, 2.45) is 0 Å². The molecule has 5 heteroatoms. The fourth-order valence-corrected chi connectivity index (χ4v) is 4.37.